The lowest BCUT2D eigenvalue weighted by Gasteiger charge is -2.10. The van der Waals surface area contributed by atoms with Crippen LogP contribution in [-0.2, 0) is 4.74 Å². The second-order valence-electron chi connectivity index (χ2n) is 6.61. The highest BCUT2D eigenvalue weighted by molar-refractivity contribution is 6.07. The van der Waals surface area contributed by atoms with Crippen LogP contribution in [0.25, 0.3) is 0 Å². The van der Waals surface area contributed by atoms with Crippen LogP contribution < -0.4 is 20.7 Å². The third-order valence-corrected chi connectivity index (χ3v) is 4.43. The van der Waals surface area contributed by atoms with Gasteiger partial charge in [-0.1, -0.05) is 12.1 Å². The minimum absolute atomic E-state index is 0.271. The van der Waals surface area contributed by atoms with E-state index in [0.29, 0.717) is 33.9 Å². The van der Waals surface area contributed by atoms with Crippen molar-refractivity contribution in [2.24, 2.45) is 0 Å². The zero-order valence-corrected chi connectivity index (χ0v) is 17.7. The molecular weight excluding hydrogens is 410 g/mol. The average Bonchev–Trinajstić information content (AvgIpc) is 2.80. The molecular formula is C24H23N3O5. The summed E-state index contributed by atoms with van der Waals surface area (Å²) >= 11 is 0. The predicted molar refractivity (Wildman–Crippen MR) is 122 cm³/mol. The third kappa shape index (κ3) is 5.85. The maximum absolute atomic E-state index is 12.5. The quantitative estimate of drug-likeness (QED) is 0.498. The van der Waals surface area contributed by atoms with Gasteiger partial charge in [0.15, 0.2) is 0 Å². The molecule has 0 saturated heterocycles. The number of anilines is 3. The number of rotatable bonds is 7. The Morgan fingerprint density at radius 1 is 0.719 bits per heavy atom. The van der Waals surface area contributed by atoms with E-state index in [1.54, 1.807) is 73.7 Å². The fraction of sp³-hybridized carbons (Fsp3) is 0.125. The van der Waals surface area contributed by atoms with Gasteiger partial charge in [0.2, 0.25) is 0 Å². The van der Waals surface area contributed by atoms with Crippen LogP contribution in [0.3, 0.4) is 0 Å². The molecule has 0 atom stereocenters. The van der Waals surface area contributed by atoms with Gasteiger partial charge >= 0.3 is 6.09 Å². The summed E-state index contributed by atoms with van der Waals surface area (Å²) in [7, 11) is 1.53. The maximum Gasteiger partial charge on any atom is 0.411 e. The molecule has 0 saturated carbocycles. The van der Waals surface area contributed by atoms with Gasteiger partial charge in [-0.3, -0.25) is 14.9 Å². The van der Waals surface area contributed by atoms with Crippen molar-refractivity contribution in [3.63, 3.8) is 0 Å². The summed E-state index contributed by atoms with van der Waals surface area (Å²) in [4.78, 5) is 36.4. The van der Waals surface area contributed by atoms with E-state index in [9.17, 15) is 14.4 Å². The lowest BCUT2D eigenvalue weighted by molar-refractivity contribution is 0.101. The molecule has 0 unspecified atom stereocenters. The summed E-state index contributed by atoms with van der Waals surface area (Å²) in [6.45, 7) is 1.99. The van der Waals surface area contributed by atoms with Gasteiger partial charge in [-0.05, 0) is 67.6 Å². The lowest BCUT2D eigenvalue weighted by atomic mass is 10.1. The smallest absolute Gasteiger partial charge is 0.411 e. The monoisotopic (exact) mass is 433 g/mol. The van der Waals surface area contributed by atoms with Crippen LogP contribution in [0.4, 0.5) is 21.9 Å². The molecule has 3 N–H and O–H groups in total. The predicted octanol–water partition coefficient (Wildman–Crippen LogP) is 4.77. The molecule has 0 aromatic heterocycles. The number of amides is 3. The van der Waals surface area contributed by atoms with Crippen molar-refractivity contribution >= 4 is 35.0 Å². The van der Waals surface area contributed by atoms with Crippen molar-refractivity contribution in [3.8, 4) is 5.75 Å². The summed E-state index contributed by atoms with van der Waals surface area (Å²) in [5.41, 5.74) is 2.47. The van der Waals surface area contributed by atoms with Gasteiger partial charge in [0.05, 0.1) is 19.4 Å². The van der Waals surface area contributed by atoms with Gasteiger partial charge in [0.25, 0.3) is 11.8 Å². The standard InChI is InChI=1S/C24H23N3O5/c1-3-32-24(30)26-19-14-10-16(11-15-19)22(28)25-18-12-8-17(9-13-18)23(29)27-20-6-4-5-7-21(20)31-2/h4-15H,3H2,1-2H3,(H,25,28)(H,26,30)(H,27,29). The van der Waals surface area contributed by atoms with Crippen molar-refractivity contribution in [2.75, 3.05) is 29.7 Å². The zero-order valence-electron chi connectivity index (χ0n) is 17.7. The molecule has 0 bridgehead atoms. The van der Waals surface area contributed by atoms with Gasteiger partial charge in [-0.2, -0.15) is 0 Å². The summed E-state index contributed by atoms with van der Waals surface area (Å²) < 4.78 is 10.0. The van der Waals surface area contributed by atoms with Gasteiger partial charge < -0.3 is 20.1 Å². The Morgan fingerprint density at radius 3 is 1.81 bits per heavy atom. The number of hydrogen-bond donors (Lipinski definition) is 3. The van der Waals surface area contributed by atoms with E-state index in [2.05, 4.69) is 16.0 Å². The number of para-hydroxylation sites is 2. The van der Waals surface area contributed by atoms with Gasteiger partial charge in [0, 0.05) is 22.5 Å². The number of ether oxygens (including phenoxy) is 2. The molecule has 164 valence electrons. The highest BCUT2D eigenvalue weighted by Crippen LogP contribution is 2.24. The maximum atomic E-state index is 12.5. The second kappa shape index (κ2) is 10.6. The van der Waals surface area contributed by atoms with E-state index in [1.807, 2.05) is 6.07 Å². The van der Waals surface area contributed by atoms with E-state index in [0.717, 1.165) is 0 Å². The van der Waals surface area contributed by atoms with E-state index >= 15 is 0 Å². The van der Waals surface area contributed by atoms with E-state index in [-0.39, 0.29) is 18.4 Å². The first-order chi connectivity index (χ1) is 15.5. The van der Waals surface area contributed by atoms with Crippen LogP contribution in [-0.4, -0.2) is 31.6 Å². The molecule has 8 heteroatoms. The largest absolute Gasteiger partial charge is 0.495 e. The molecule has 0 aliphatic heterocycles. The third-order valence-electron chi connectivity index (χ3n) is 4.43. The minimum Gasteiger partial charge on any atom is -0.495 e. The van der Waals surface area contributed by atoms with Crippen LogP contribution >= 0.6 is 0 Å². The Hall–Kier alpha value is -4.33. The number of methoxy groups -OCH3 is 1. The molecule has 8 nitrogen and oxygen atoms in total. The SMILES string of the molecule is CCOC(=O)Nc1ccc(C(=O)Nc2ccc(C(=O)Nc3ccccc3OC)cc2)cc1. The fourth-order valence-electron chi connectivity index (χ4n) is 2.84. The van der Waals surface area contributed by atoms with Crippen LogP contribution in [0.2, 0.25) is 0 Å². The Balaban J connectivity index is 1.59. The Kier molecular flexibility index (Phi) is 7.42. The molecule has 0 aliphatic rings. The average molecular weight is 433 g/mol. The molecule has 0 radical (unpaired) electrons. The summed E-state index contributed by atoms with van der Waals surface area (Å²) in [6.07, 6.45) is -0.556. The lowest BCUT2D eigenvalue weighted by Crippen LogP contribution is -2.15. The molecule has 0 heterocycles. The number of carbonyl (C=O) groups is 3. The van der Waals surface area contributed by atoms with Crippen LogP contribution in [0.15, 0.2) is 72.8 Å². The Labute approximate surface area is 185 Å². The number of nitrogens with one attached hydrogen (secondary N) is 3. The number of carbonyl (C=O) groups excluding carboxylic acids is 3. The van der Waals surface area contributed by atoms with Crippen molar-refractivity contribution in [1.29, 1.82) is 0 Å². The first kappa shape index (κ1) is 22.4. The topological polar surface area (TPSA) is 106 Å². The molecule has 0 spiro atoms. The summed E-state index contributed by atoms with van der Waals surface area (Å²) in [5.74, 6) is -0.0517. The highest BCUT2D eigenvalue weighted by atomic mass is 16.5. The molecule has 0 fully saturated rings. The van der Waals surface area contributed by atoms with Crippen molar-refractivity contribution in [3.05, 3.63) is 83.9 Å². The molecule has 3 rings (SSSR count). The molecule has 3 amide bonds. The Bertz CT molecular complexity index is 1100. The number of hydrogen-bond acceptors (Lipinski definition) is 5. The van der Waals surface area contributed by atoms with E-state index in [1.165, 1.54) is 7.11 Å². The Morgan fingerprint density at radius 2 is 1.25 bits per heavy atom. The van der Waals surface area contributed by atoms with Crippen molar-refractivity contribution in [1.82, 2.24) is 0 Å². The molecule has 3 aromatic carbocycles. The minimum atomic E-state index is -0.556. The summed E-state index contributed by atoms with van der Waals surface area (Å²) in [5, 5.41) is 8.13. The zero-order chi connectivity index (χ0) is 22.9. The second-order valence-corrected chi connectivity index (χ2v) is 6.61. The molecule has 0 aliphatic carbocycles. The van der Waals surface area contributed by atoms with Crippen LogP contribution in [0, 0.1) is 0 Å². The van der Waals surface area contributed by atoms with E-state index < -0.39 is 6.09 Å². The van der Waals surface area contributed by atoms with Crippen LogP contribution in [0.5, 0.6) is 5.75 Å². The van der Waals surface area contributed by atoms with Gasteiger partial charge in [-0.15, -0.1) is 0 Å². The van der Waals surface area contributed by atoms with Crippen molar-refractivity contribution in [2.45, 2.75) is 6.92 Å². The fourth-order valence-corrected chi connectivity index (χ4v) is 2.84. The summed E-state index contributed by atoms with van der Waals surface area (Å²) in [6, 6.07) is 20.0. The number of benzene rings is 3. The normalized spacial score (nSPS) is 10.1. The van der Waals surface area contributed by atoms with Crippen molar-refractivity contribution < 1.29 is 23.9 Å². The first-order valence-electron chi connectivity index (χ1n) is 9.89. The van der Waals surface area contributed by atoms with Gasteiger partial charge in [0.1, 0.15) is 5.75 Å². The molecule has 32 heavy (non-hydrogen) atoms. The molecule has 3 aromatic rings. The first-order valence-corrected chi connectivity index (χ1v) is 9.89. The van der Waals surface area contributed by atoms with Crippen LogP contribution in [0.1, 0.15) is 27.6 Å². The van der Waals surface area contributed by atoms with E-state index in [4.69, 9.17) is 9.47 Å². The highest BCUT2D eigenvalue weighted by Gasteiger charge is 2.11. The van der Waals surface area contributed by atoms with Gasteiger partial charge in [-0.25, -0.2) is 4.79 Å².